The second-order valence-corrected chi connectivity index (χ2v) is 7.73. The van der Waals surface area contributed by atoms with Gasteiger partial charge >= 0.3 is 6.03 Å². The van der Waals surface area contributed by atoms with Crippen LogP contribution in [0.15, 0.2) is 35.1 Å². The molecule has 27 heavy (non-hydrogen) atoms. The Morgan fingerprint density at radius 1 is 1.11 bits per heavy atom. The van der Waals surface area contributed by atoms with E-state index in [4.69, 9.17) is 0 Å². The number of amides is 3. The minimum absolute atomic E-state index is 0.0136. The first kappa shape index (κ1) is 17.6. The summed E-state index contributed by atoms with van der Waals surface area (Å²) in [6.07, 6.45) is 1.89. The monoisotopic (exact) mass is 368 g/mol. The zero-order valence-electron chi connectivity index (χ0n) is 15.6. The van der Waals surface area contributed by atoms with Gasteiger partial charge in [0.2, 0.25) is 0 Å². The molecule has 3 saturated heterocycles. The van der Waals surface area contributed by atoms with Crippen molar-refractivity contribution < 1.29 is 9.59 Å². The summed E-state index contributed by atoms with van der Waals surface area (Å²) in [5, 5.41) is 0.578. The van der Waals surface area contributed by atoms with Gasteiger partial charge in [0.05, 0.1) is 0 Å². The minimum Gasteiger partial charge on any atom is -0.350 e. The van der Waals surface area contributed by atoms with Gasteiger partial charge in [-0.3, -0.25) is 9.59 Å². The second kappa shape index (κ2) is 6.72. The highest BCUT2D eigenvalue weighted by Gasteiger charge is 2.39. The molecule has 142 valence electrons. The average molecular weight is 368 g/mol. The molecule has 1 aromatic heterocycles. The van der Waals surface area contributed by atoms with Gasteiger partial charge in [-0.05, 0) is 30.9 Å². The van der Waals surface area contributed by atoms with Gasteiger partial charge in [-0.25, -0.2) is 4.79 Å². The zero-order chi connectivity index (χ0) is 19.1. The molecule has 2 aromatic rings. The van der Waals surface area contributed by atoms with Gasteiger partial charge in [0.1, 0.15) is 5.69 Å². The Bertz CT molecular complexity index is 952. The third-order valence-electron chi connectivity index (χ3n) is 5.60. The molecule has 0 spiro atoms. The number of carbonyl (C=O) groups is 2. The van der Waals surface area contributed by atoms with Crippen molar-refractivity contribution in [3.8, 4) is 0 Å². The van der Waals surface area contributed by atoms with Gasteiger partial charge in [-0.15, -0.1) is 0 Å². The number of hydrogen-bond donors (Lipinski definition) is 1. The number of para-hydroxylation sites is 1. The van der Waals surface area contributed by atoms with E-state index in [2.05, 4.69) is 4.98 Å². The summed E-state index contributed by atoms with van der Waals surface area (Å²) in [4.78, 5) is 46.4. The highest BCUT2D eigenvalue weighted by Crippen LogP contribution is 2.29. The first-order chi connectivity index (χ1) is 12.9. The number of fused-ring (bicyclic) bond motifs is 5. The molecule has 7 nitrogen and oxygen atoms in total. The van der Waals surface area contributed by atoms with Gasteiger partial charge in [0, 0.05) is 56.7 Å². The van der Waals surface area contributed by atoms with E-state index >= 15 is 0 Å². The van der Waals surface area contributed by atoms with Gasteiger partial charge in [0.15, 0.2) is 5.43 Å². The third-order valence-corrected chi connectivity index (χ3v) is 5.60. The number of aromatic amines is 1. The van der Waals surface area contributed by atoms with Crippen molar-refractivity contribution in [2.75, 3.05) is 33.7 Å². The van der Waals surface area contributed by atoms with Crippen molar-refractivity contribution in [1.29, 1.82) is 0 Å². The number of aromatic nitrogens is 1. The largest absolute Gasteiger partial charge is 0.350 e. The minimum atomic E-state index is -0.160. The summed E-state index contributed by atoms with van der Waals surface area (Å²) in [5.74, 6) is 0.107. The Balaban J connectivity index is 1.63. The number of rotatable bonds is 1. The van der Waals surface area contributed by atoms with Crippen LogP contribution < -0.4 is 5.43 Å². The van der Waals surface area contributed by atoms with Crippen molar-refractivity contribution in [3.05, 3.63) is 46.2 Å². The molecule has 3 aliphatic rings. The van der Waals surface area contributed by atoms with Crippen LogP contribution >= 0.6 is 0 Å². The van der Waals surface area contributed by atoms with Crippen LogP contribution in [0.2, 0.25) is 0 Å². The van der Waals surface area contributed by atoms with Crippen LogP contribution in [-0.4, -0.2) is 71.4 Å². The van der Waals surface area contributed by atoms with E-state index in [1.54, 1.807) is 31.1 Å². The Morgan fingerprint density at radius 2 is 1.89 bits per heavy atom. The normalized spacial score (nSPS) is 22.0. The number of benzene rings is 1. The smallest absolute Gasteiger partial charge is 0.319 e. The summed E-state index contributed by atoms with van der Waals surface area (Å²) in [6.45, 7) is 1.83. The molecule has 3 amide bonds. The van der Waals surface area contributed by atoms with Crippen LogP contribution in [0.3, 0.4) is 0 Å². The van der Waals surface area contributed by atoms with Crippen LogP contribution in [0.4, 0.5) is 4.79 Å². The molecule has 0 unspecified atom stereocenters. The Hall–Kier alpha value is -2.83. The topological polar surface area (TPSA) is 76.7 Å². The molecule has 3 fully saturated rings. The molecule has 2 bridgehead atoms. The molecule has 7 heteroatoms. The van der Waals surface area contributed by atoms with E-state index in [0.29, 0.717) is 36.2 Å². The van der Waals surface area contributed by atoms with Crippen LogP contribution in [0.1, 0.15) is 23.3 Å². The van der Waals surface area contributed by atoms with Crippen molar-refractivity contribution in [3.63, 3.8) is 0 Å². The van der Waals surface area contributed by atoms with Gasteiger partial charge in [-0.2, -0.15) is 0 Å². The fraction of sp³-hybridized carbons (Fsp3) is 0.450. The Kier molecular flexibility index (Phi) is 4.37. The number of urea groups is 1. The van der Waals surface area contributed by atoms with E-state index in [1.165, 1.54) is 6.07 Å². The summed E-state index contributed by atoms with van der Waals surface area (Å²) >= 11 is 0. The van der Waals surface area contributed by atoms with Crippen LogP contribution in [-0.2, 0) is 0 Å². The van der Waals surface area contributed by atoms with Crippen LogP contribution in [0.5, 0.6) is 0 Å². The van der Waals surface area contributed by atoms with Gasteiger partial charge in [-0.1, -0.05) is 12.1 Å². The summed E-state index contributed by atoms with van der Waals surface area (Å²) in [7, 11) is 3.50. The molecule has 1 aromatic carbocycles. The summed E-state index contributed by atoms with van der Waals surface area (Å²) in [6, 6.07) is 8.57. The molecular weight excluding hydrogens is 344 g/mol. The van der Waals surface area contributed by atoms with Crippen LogP contribution in [0, 0.1) is 5.92 Å². The fourth-order valence-electron chi connectivity index (χ4n) is 4.24. The predicted molar refractivity (Wildman–Crippen MR) is 103 cm³/mol. The van der Waals surface area contributed by atoms with Crippen molar-refractivity contribution in [2.24, 2.45) is 5.92 Å². The van der Waals surface area contributed by atoms with Crippen molar-refractivity contribution in [2.45, 2.75) is 18.9 Å². The molecule has 0 aliphatic carbocycles. The lowest BCUT2D eigenvalue weighted by atomic mass is 9.94. The summed E-state index contributed by atoms with van der Waals surface area (Å²) in [5.41, 5.74) is 0.826. The van der Waals surface area contributed by atoms with E-state index in [9.17, 15) is 14.4 Å². The molecule has 1 N–H and O–H groups in total. The van der Waals surface area contributed by atoms with E-state index < -0.39 is 0 Å². The first-order valence-corrected chi connectivity index (χ1v) is 9.33. The van der Waals surface area contributed by atoms with E-state index in [-0.39, 0.29) is 29.3 Å². The summed E-state index contributed by atoms with van der Waals surface area (Å²) < 4.78 is 0. The maximum absolute atomic E-state index is 13.2. The number of nitrogens with one attached hydrogen (secondary N) is 1. The van der Waals surface area contributed by atoms with E-state index in [0.717, 1.165) is 12.8 Å². The van der Waals surface area contributed by atoms with Crippen molar-refractivity contribution >= 4 is 22.8 Å². The molecular formula is C20H24N4O3. The maximum atomic E-state index is 13.2. The molecule has 3 aliphatic heterocycles. The number of piperidine rings is 1. The van der Waals surface area contributed by atoms with E-state index in [1.807, 2.05) is 21.9 Å². The number of pyridine rings is 1. The highest BCUT2D eigenvalue weighted by molar-refractivity contribution is 5.95. The molecule has 4 heterocycles. The van der Waals surface area contributed by atoms with Gasteiger partial charge < -0.3 is 19.7 Å². The first-order valence-electron chi connectivity index (χ1n) is 9.33. The quantitative estimate of drug-likeness (QED) is 0.833. The molecule has 0 saturated carbocycles. The SMILES string of the molecule is CN(C)C(=O)N1C[C@@H]2CC[C@H](C1)N(C(=O)c1cc(=O)c3ccccc3[nH]1)C2. The number of carbonyl (C=O) groups excluding carboxylic acids is 2. The zero-order valence-corrected chi connectivity index (χ0v) is 15.6. The lowest BCUT2D eigenvalue weighted by Crippen LogP contribution is -2.48. The molecule has 5 rings (SSSR count). The number of hydrogen-bond acceptors (Lipinski definition) is 3. The Morgan fingerprint density at radius 3 is 2.67 bits per heavy atom. The number of nitrogens with zero attached hydrogens (tertiary/aromatic N) is 3. The lowest BCUT2D eigenvalue weighted by Gasteiger charge is -2.36. The Labute approximate surface area is 157 Å². The van der Waals surface area contributed by atoms with Gasteiger partial charge in [0.25, 0.3) is 5.91 Å². The standard InChI is InChI=1S/C20H24N4O3/c1-22(2)20(27)23-10-13-7-8-14(12-23)24(11-13)19(26)17-9-18(25)15-5-3-4-6-16(15)21-17/h3-6,9,13-14H,7-8,10-12H2,1-2H3,(H,21,25)/t13-,14+/m0/s1. The van der Waals surface area contributed by atoms with Crippen LogP contribution in [0.25, 0.3) is 10.9 Å². The molecule has 0 radical (unpaired) electrons. The maximum Gasteiger partial charge on any atom is 0.319 e. The average Bonchev–Trinajstić information content (AvgIpc) is 2.98. The lowest BCUT2D eigenvalue weighted by molar-refractivity contribution is 0.0580. The third kappa shape index (κ3) is 3.18. The van der Waals surface area contributed by atoms with Crippen molar-refractivity contribution in [1.82, 2.24) is 19.7 Å². The highest BCUT2D eigenvalue weighted by atomic mass is 16.2. The molecule has 2 atom stereocenters. The second-order valence-electron chi connectivity index (χ2n) is 7.73. The number of H-pyrrole nitrogens is 1. The predicted octanol–water partition coefficient (Wildman–Crippen LogP) is 1.75. The fourth-order valence-corrected chi connectivity index (χ4v) is 4.24.